The minimum absolute atomic E-state index is 0.106. The van der Waals surface area contributed by atoms with E-state index in [1.807, 2.05) is 0 Å². The maximum atomic E-state index is 11.6. The van der Waals surface area contributed by atoms with Crippen LogP contribution in [0.3, 0.4) is 0 Å². The SMILES string of the molecule is CCn1c(C)c(C(C)=O)c(C(=O)O)cc1=O. The van der Waals surface area contributed by atoms with E-state index < -0.39 is 11.5 Å². The first-order valence-electron chi connectivity index (χ1n) is 4.88. The second kappa shape index (κ2) is 4.30. The summed E-state index contributed by atoms with van der Waals surface area (Å²) in [6.07, 6.45) is 0. The molecular formula is C11H13NO4. The molecule has 0 bridgehead atoms. The van der Waals surface area contributed by atoms with Crippen molar-refractivity contribution in [2.75, 3.05) is 0 Å². The van der Waals surface area contributed by atoms with Gasteiger partial charge in [-0.2, -0.15) is 0 Å². The molecular weight excluding hydrogens is 210 g/mol. The number of nitrogens with zero attached hydrogens (tertiary/aromatic N) is 1. The fourth-order valence-corrected chi connectivity index (χ4v) is 1.77. The monoisotopic (exact) mass is 223 g/mol. The van der Waals surface area contributed by atoms with Crippen molar-refractivity contribution >= 4 is 11.8 Å². The van der Waals surface area contributed by atoms with E-state index in [2.05, 4.69) is 0 Å². The predicted octanol–water partition coefficient (Wildman–Crippen LogP) is 1.08. The number of rotatable bonds is 3. The molecule has 1 N–H and O–H groups in total. The number of ketones is 1. The Bertz CT molecular complexity index is 513. The average molecular weight is 223 g/mol. The molecule has 0 aliphatic carbocycles. The van der Waals surface area contributed by atoms with Gasteiger partial charge in [0.25, 0.3) is 5.56 Å². The minimum Gasteiger partial charge on any atom is -0.478 e. The molecule has 5 nitrogen and oxygen atoms in total. The van der Waals surface area contributed by atoms with Crippen LogP contribution in [-0.4, -0.2) is 21.4 Å². The fourth-order valence-electron chi connectivity index (χ4n) is 1.77. The molecule has 0 amide bonds. The summed E-state index contributed by atoms with van der Waals surface area (Å²) >= 11 is 0. The number of hydrogen-bond donors (Lipinski definition) is 1. The van der Waals surface area contributed by atoms with E-state index in [-0.39, 0.29) is 16.9 Å². The first kappa shape index (κ1) is 12.2. The van der Waals surface area contributed by atoms with Crippen molar-refractivity contribution in [3.05, 3.63) is 33.2 Å². The summed E-state index contributed by atoms with van der Waals surface area (Å²) in [5.41, 5.74) is -0.115. The highest BCUT2D eigenvalue weighted by atomic mass is 16.4. The van der Waals surface area contributed by atoms with Crippen LogP contribution in [-0.2, 0) is 6.54 Å². The highest BCUT2D eigenvalue weighted by Crippen LogP contribution is 2.13. The Balaban J connectivity index is 3.73. The van der Waals surface area contributed by atoms with Gasteiger partial charge in [-0.15, -0.1) is 0 Å². The Morgan fingerprint density at radius 2 is 2.00 bits per heavy atom. The molecule has 0 fully saturated rings. The van der Waals surface area contributed by atoms with Crippen molar-refractivity contribution in [3.63, 3.8) is 0 Å². The lowest BCUT2D eigenvalue weighted by Gasteiger charge is -2.12. The largest absolute Gasteiger partial charge is 0.478 e. The van der Waals surface area contributed by atoms with Gasteiger partial charge in [-0.3, -0.25) is 9.59 Å². The number of pyridine rings is 1. The maximum Gasteiger partial charge on any atom is 0.336 e. The third-order valence-corrected chi connectivity index (χ3v) is 2.47. The minimum atomic E-state index is -1.26. The summed E-state index contributed by atoms with van der Waals surface area (Å²) in [5, 5.41) is 8.93. The zero-order chi connectivity index (χ0) is 12.5. The molecule has 0 aliphatic rings. The topological polar surface area (TPSA) is 76.4 Å². The van der Waals surface area contributed by atoms with Crippen molar-refractivity contribution < 1.29 is 14.7 Å². The molecule has 1 aromatic rings. The number of carbonyl (C=O) groups is 2. The van der Waals surface area contributed by atoms with E-state index in [1.54, 1.807) is 13.8 Å². The van der Waals surface area contributed by atoms with E-state index >= 15 is 0 Å². The standard InChI is InChI=1S/C11H13NO4/c1-4-12-6(2)10(7(3)13)8(11(15)16)5-9(12)14/h5H,4H2,1-3H3,(H,15,16). The fraction of sp³-hybridized carbons (Fsp3) is 0.364. The number of aromatic nitrogens is 1. The van der Waals surface area contributed by atoms with Crippen LogP contribution in [0.4, 0.5) is 0 Å². The van der Waals surface area contributed by atoms with Gasteiger partial charge in [0.2, 0.25) is 0 Å². The molecule has 0 saturated carbocycles. The van der Waals surface area contributed by atoms with Gasteiger partial charge < -0.3 is 9.67 Å². The van der Waals surface area contributed by atoms with E-state index in [1.165, 1.54) is 11.5 Å². The van der Waals surface area contributed by atoms with Crippen LogP contribution >= 0.6 is 0 Å². The van der Waals surface area contributed by atoms with Gasteiger partial charge in [-0.25, -0.2) is 4.79 Å². The van der Waals surface area contributed by atoms with Crippen molar-refractivity contribution in [2.24, 2.45) is 0 Å². The van der Waals surface area contributed by atoms with Gasteiger partial charge in [0, 0.05) is 18.3 Å². The van der Waals surface area contributed by atoms with Gasteiger partial charge in [-0.1, -0.05) is 0 Å². The number of aromatic carboxylic acids is 1. The molecule has 0 unspecified atom stereocenters. The average Bonchev–Trinajstić information content (AvgIpc) is 2.16. The van der Waals surface area contributed by atoms with E-state index in [9.17, 15) is 14.4 Å². The smallest absolute Gasteiger partial charge is 0.336 e. The molecule has 0 atom stereocenters. The first-order chi connectivity index (χ1) is 7.40. The summed E-state index contributed by atoms with van der Waals surface area (Å²) in [4.78, 5) is 33.9. The Morgan fingerprint density at radius 3 is 2.38 bits per heavy atom. The Hall–Kier alpha value is -1.91. The number of hydrogen-bond acceptors (Lipinski definition) is 3. The summed E-state index contributed by atoms with van der Waals surface area (Å²) in [6.45, 7) is 5.04. The molecule has 0 aliphatic heterocycles. The van der Waals surface area contributed by atoms with Crippen LogP contribution in [0.15, 0.2) is 10.9 Å². The first-order valence-corrected chi connectivity index (χ1v) is 4.88. The summed E-state index contributed by atoms with van der Waals surface area (Å²) in [6, 6.07) is 0.996. The second-order valence-corrected chi connectivity index (χ2v) is 3.46. The molecule has 86 valence electrons. The number of Topliss-reactive ketones (excluding diaryl/α,β-unsaturated/α-hetero) is 1. The van der Waals surface area contributed by atoms with Crippen LogP contribution in [0.1, 0.15) is 40.3 Å². The molecule has 5 heteroatoms. The molecule has 1 aromatic heterocycles. The Morgan fingerprint density at radius 1 is 1.44 bits per heavy atom. The molecule has 0 spiro atoms. The molecule has 0 aromatic carbocycles. The third-order valence-electron chi connectivity index (χ3n) is 2.47. The Kier molecular flexibility index (Phi) is 3.27. The predicted molar refractivity (Wildman–Crippen MR) is 58.1 cm³/mol. The zero-order valence-electron chi connectivity index (χ0n) is 9.40. The normalized spacial score (nSPS) is 10.2. The second-order valence-electron chi connectivity index (χ2n) is 3.46. The van der Waals surface area contributed by atoms with Gasteiger partial charge in [0.15, 0.2) is 5.78 Å². The summed E-state index contributed by atoms with van der Waals surface area (Å²) in [5.74, 6) is -1.61. The lowest BCUT2D eigenvalue weighted by Crippen LogP contribution is -2.26. The Labute approximate surface area is 92.3 Å². The lowest BCUT2D eigenvalue weighted by atomic mass is 10.0. The van der Waals surface area contributed by atoms with E-state index in [0.29, 0.717) is 12.2 Å². The van der Waals surface area contributed by atoms with Crippen molar-refractivity contribution in [1.82, 2.24) is 4.57 Å². The van der Waals surface area contributed by atoms with E-state index in [4.69, 9.17) is 5.11 Å². The number of carbonyl (C=O) groups excluding carboxylic acids is 1. The third kappa shape index (κ3) is 1.88. The van der Waals surface area contributed by atoms with Crippen LogP contribution in [0.25, 0.3) is 0 Å². The molecule has 0 radical (unpaired) electrons. The summed E-state index contributed by atoms with van der Waals surface area (Å²) in [7, 11) is 0. The molecule has 1 rings (SSSR count). The van der Waals surface area contributed by atoms with Crippen LogP contribution in [0, 0.1) is 6.92 Å². The highest BCUT2D eigenvalue weighted by Gasteiger charge is 2.19. The van der Waals surface area contributed by atoms with Crippen molar-refractivity contribution in [1.29, 1.82) is 0 Å². The number of carboxylic acids is 1. The van der Waals surface area contributed by atoms with Gasteiger partial charge in [0.1, 0.15) is 0 Å². The van der Waals surface area contributed by atoms with E-state index in [0.717, 1.165) is 6.07 Å². The van der Waals surface area contributed by atoms with Gasteiger partial charge in [0.05, 0.1) is 11.1 Å². The zero-order valence-corrected chi connectivity index (χ0v) is 9.40. The van der Waals surface area contributed by atoms with Gasteiger partial charge in [-0.05, 0) is 20.8 Å². The highest BCUT2D eigenvalue weighted by molar-refractivity contribution is 6.05. The summed E-state index contributed by atoms with van der Waals surface area (Å²) < 4.78 is 1.38. The van der Waals surface area contributed by atoms with Gasteiger partial charge >= 0.3 is 5.97 Å². The molecule has 0 saturated heterocycles. The lowest BCUT2D eigenvalue weighted by molar-refractivity contribution is 0.0691. The molecule has 1 heterocycles. The van der Waals surface area contributed by atoms with Crippen LogP contribution in [0.2, 0.25) is 0 Å². The van der Waals surface area contributed by atoms with Crippen molar-refractivity contribution in [3.8, 4) is 0 Å². The maximum absolute atomic E-state index is 11.6. The molecule has 16 heavy (non-hydrogen) atoms. The van der Waals surface area contributed by atoms with Crippen LogP contribution < -0.4 is 5.56 Å². The van der Waals surface area contributed by atoms with Crippen LogP contribution in [0.5, 0.6) is 0 Å². The number of carboxylic acid groups (broad SMARTS) is 1. The van der Waals surface area contributed by atoms with Crippen molar-refractivity contribution in [2.45, 2.75) is 27.3 Å². The quantitative estimate of drug-likeness (QED) is 0.778.